The second kappa shape index (κ2) is 5.07. The number of thiophene rings is 1. The molecule has 0 atom stereocenters. The van der Waals surface area contributed by atoms with Gasteiger partial charge in [0.1, 0.15) is 0 Å². The normalized spacial score (nSPS) is 12.1. The van der Waals surface area contributed by atoms with E-state index < -0.39 is 12.0 Å². The summed E-state index contributed by atoms with van der Waals surface area (Å²) in [6.07, 6.45) is -3.95. The summed E-state index contributed by atoms with van der Waals surface area (Å²) >= 11 is 1.53. The number of nitrogen functional groups attached to an aromatic ring is 1. The van der Waals surface area contributed by atoms with Crippen LogP contribution in [0.1, 0.15) is 11.4 Å². The van der Waals surface area contributed by atoms with Crippen LogP contribution in [-0.2, 0) is 19.1 Å². The zero-order valence-corrected chi connectivity index (χ0v) is 11.7. The van der Waals surface area contributed by atoms with Crippen molar-refractivity contribution in [2.75, 3.05) is 5.73 Å². The number of hydrogen-bond acceptors (Lipinski definition) is 3. The van der Waals surface area contributed by atoms with Crippen LogP contribution >= 0.6 is 11.3 Å². The Kier molecular flexibility index (Phi) is 3.36. The lowest BCUT2D eigenvalue weighted by atomic mass is 10.2. The lowest BCUT2D eigenvalue weighted by molar-refractivity contribution is -0.146. The fourth-order valence-electron chi connectivity index (χ4n) is 2.27. The van der Waals surface area contributed by atoms with Gasteiger partial charge in [0, 0.05) is 12.2 Å². The highest BCUT2D eigenvalue weighted by atomic mass is 32.1. The molecule has 2 aromatic heterocycles. The van der Waals surface area contributed by atoms with Crippen molar-refractivity contribution in [1.29, 1.82) is 0 Å². The minimum Gasteiger partial charge on any atom is -0.399 e. The van der Waals surface area contributed by atoms with Gasteiger partial charge in [-0.1, -0.05) is 0 Å². The number of alkyl halides is 3. The molecule has 0 aliphatic carbocycles. The van der Waals surface area contributed by atoms with Crippen molar-refractivity contribution < 1.29 is 13.2 Å². The zero-order valence-electron chi connectivity index (χ0n) is 10.9. The maximum atomic E-state index is 13.1. The Morgan fingerprint density at radius 2 is 2.05 bits per heavy atom. The van der Waals surface area contributed by atoms with Crippen LogP contribution in [-0.4, -0.2) is 9.55 Å². The second-order valence-electron chi connectivity index (χ2n) is 4.71. The van der Waals surface area contributed by atoms with E-state index in [2.05, 4.69) is 4.98 Å². The predicted molar refractivity (Wildman–Crippen MR) is 77.2 cm³/mol. The molecule has 0 unspecified atom stereocenters. The summed E-state index contributed by atoms with van der Waals surface area (Å²) in [6.45, 7) is 0.228. The first-order valence-electron chi connectivity index (χ1n) is 6.29. The highest BCUT2D eigenvalue weighted by molar-refractivity contribution is 7.07. The zero-order chi connectivity index (χ0) is 15.0. The third kappa shape index (κ3) is 2.73. The number of rotatable bonds is 3. The second-order valence-corrected chi connectivity index (χ2v) is 5.49. The van der Waals surface area contributed by atoms with Crippen LogP contribution in [0.25, 0.3) is 11.0 Å². The van der Waals surface area contributed by atoms with Crippen LogP contribution in [0.3, 0.4) is 0 Å². The first-order valence-corrected chi connectivity index (χ1v) is 7.23. The summed E-state index contributed by atoms with van der Waals surface area (Å²) < 4.78 is 40.6. The van der Waals surface area contributed by atoms with Crippen LogP contribution in [0, 0.1) is 0 Å². The van der Waals surface area contributed by atoms with E-state index in [4.69, 9.17) is 5.73 Å². The number of nitrogens with zero attached hydrogens (tertiary/aromatic N) is 2. The van der Waals surface area contributed by atoms with Gasteiger partial charge in [-0.15, -0.1) is 0 Å². The molecule has 0 bridgehead atoms. The lowest BCUT2D eigenvalue weighted by Gasteiger charge is -2.11. The number of benzene rings is 1. The third-order valence-corrected chi connectivity index (χ3v) is 3.96. The van der Waals surface area contributed by atoms with E-state index >= 15 is 0 Å². The summed E-state index contributed by atoms with van der Waals surface area (Å²) in [5, 5.41) is 3.84. The summed E-state index contributed by atoms with van der Waals surface area (Å²) in [7, 11) is 0. The molecular formula is C14H12F3N3S. The fourth-order valence-corrected chi connectivity index (χ4v) is 2.97. The molecular weight excluding hydrogens is 299 g/mol. The standard InChI is InChI=1S/C14H12F3N3S/c15-14(16,17)13-19-11-7-10(18)1-2-12(11)20(13)5-3-9-4-6-21-8-9/h1-2,4,6-8H,3,5,18H2. The first kappa shape index (κ1) is 13.9. The summed E-state index contributed by atoms with van der Waals surface area (Å²) in [6, 6.07) is 6.55. The maximum Gasteiger partial charge on any atom is 0.449 e. The average Bonchev–Trinajstić information content (AvgIpc) is 3.01. The van der Waals surface area contributed by atoms with Crippen LogP contribution in [0.5, 0.6) is 0 Å². The van der Waals surface area contributed by atoms with E-state index in [1.54, 1.807) is 12.1 Å². The van der Waals surface area contributed by atoms with E-state index in [0.717, 1.165) is 5.56 Å². The smallest absolute Gasteiger partial charge is 0.399 e. The molecule has 0 spiro atoms. The van der Waals surface area contributed by atoms with Gasteiger partial charge in [-0.25, -0.2) is 4.98 Å². The van der Waals surface area contributed by atoms with E-state index in [9.17, 15) is 13.2 Å². The number of aryl methyl sites for hydroxylation is 2. The van der Waals surface area contributed by atoms with Crippen LogP contribution < -0.4 is 5.73 Å². The number of fused-ring (bicyclic) bond motifs is 1. The molecule has 0 saturated heterocycles. The van der Waals surface area contributed by atoms with Crippen molar-refractivity contribution in [3.63, 3.8) is 0 Å². The van der Waals surface area contributed by atoms with E-state index in [-0.39, 0.29) is 12.1 Å². The Labute approximate surface area is 122 Å². The van der Waals surface area contributed by atoms with Gasteiger partial charge in [-0.05, 0) is 47.0 Å². The summed E-state index contributed by atoms with van der Waals surface area (Å²) in [4.78, 5) is 3.71. The van der Waals surface area contributed by atoms with Crippen LogP contribution in [0.15, 0.2) is 35.0 Å². The van der Waals surface area contributed by atoms with Crippen molar-refractivity contribution in [1.82, 2.24) is 9.55 Å². The van der Waals surface area contributed by atoms with Crippen LogP contribution in [0.2, 0.25) is 0 Å². The first-order chi connectivity index (χ1) is 9.95. The van der Waals surface area contributed by atoms with E-state index in [1.807, 2.05) is 16.8 Å². The maximum absolute atomic E-state index is 13.1. The fraction of sp³-hybridized carbons (Fsp3) is 0.214. The molecule has 2 heterocycles. The lowest BCUT2D eigenvalue weighted by Crippen LogP contribution is -2.16. The molecule has 3 nitrogen and oxygen atoms in total. The number of nitrogens with two attached hydrogens (primary N) is 1. The molecule has 3 aromatic rings. The quantitative estimate of drug-likeness (QED) is 0.745. The van der Waals surface area contributed by atoms with Gasteiger partial charge >= 0.3 is 6.18 Å². The van der Waals surface area contributed by atoms with Gasteiger partial charge < -0.3 is 10.3 Å². The molecule has 0 aliphatic rings. The summed E-state index contributed by atoms with van der Waals surface area (Å²) in [5.74, 6) is -0.877. The topological polar surface area (TPSA) is 43.8 Å². The van der Waals surface area contributed by atoms with Gasteiger partial charge in [0.15, 0.2) is 0 Å². The molecule has 1 aromatic carbocycles. The van der Waals surface area contributed by atoms with Gasteiger partial charge in [0.05, 0.1) is 11.0 Å². The summed E-state index contributed by atoms with van der Waals surface area (Å²) in [5.41, 5.74) is 7.76. The van der Waals surface area contributed by atoms with Crippen molar-refractivity contribution in [3.05, 3.63) is 46.4 Å². The number of aromatic nitrogens is 2. The van der Waals surface area contributed by atoms with E-state index in [0.29, 0.717) is 17.6 Å². The van der Waals surface area contributed by atoms with Gasteiger partial charge in [0.25, 0.3) is 0 Å². The molecule has 0 saturated carbocycles. The minimum atomic E-state index is -4.48. The largest absolute Gasteiger partial charge is 0.449 e. The van der Waals surface area contributed by atoms with Gasteiger partial charge in [-0.2, -0.15) is 24.5 Å². The SMILES string of the molecule is Nc1ccc2c(c1)nc(C(F)(F)F)n2CCc1ccsc1. The van der Waals surface area contributed by atoms with E-state index in [1.165, 1.54) is 22.0 Å². The molecule has 0 radical (unpaired) electrons. The van der Waals surface area contributed by atoms with Crippen LogP contribution in [0.4, 0.5) is 18.9 Å². The molecule has 3 rings (SSSR count). The van der Waals surface area contributed by atoms with Crippen molar-refractivity contribution in [2.24, 2.45) is 0 Å². The molecule has 2 N–H and O–H groups in total. The molecule has 21 heavy (non-hydrogen) atoms. The number of anilines is 1. The Bertz CT molecular complexity index is 760. The van der Waals surface area contributed by atoms with Crippen molar-refractivity contribution in [3.8, 4) is 0 Å². The molecule has 110 valence electrons. The third-order valence-electron chi connectivity index (χ3n) is 3.23. The number of halogens is 3. The predicted octanol–water partition coefficient (Wildman–Crippen LogP) is 3.94. The Hall–Kier alpha value is -2.02. The number of imidazole rings is 1. The van der Waals surface area contributed by atoms with Crippen molar-refractivity contribution in [2.45, 2.75) is 19.1 Å². The minimum absolute atomic E-state index is 0.228. The molecule has 7 heteroatoms. The number of hydrogen-bond donors (Lipinski definition) is 1. The van der Waals surface area contributed by atoms with Crippen molar-refractivity contribution >= 4 is 28.1 Å². The highest BCUT2D eigenvalue weighted by Gasteiger charge is 2.37. The Morgan fingerprint density at radius 1 is 1.24 bits per heavy atom. The molecule has 0 amide bonds. The highest BCUT2D eigenvalue weighted by Crippen LogP contribution is 2.32. The molecule has 0 aliphatic heterocycles. The van der Waals surface area contributed by atoms with Gasteiger partial charge in [-0.3, -0.25) is 0 Å². The Balaban J connectivity index is 2.05. The average molecular weight is 311 g/mol. The molecule has 0 fully saturated rings. The monoisotopic (exact) mass is 311 g/mol. The Morgan fingerprint density at radius 3 is 2.71 bits per heavy atom. The van der Waals surface area contributed by atoms with Gasteiger partial charge in [0.2, 0.25) is 5.82 Å².